The van der Waals surface area contributed by atoms with Crippen LogP contribution in [-0.4, -0.2) is 117 Å². The second-order valence-electron chi connectivity index (χ2n) is 15.0. The Morgan fingerprint density at radius 1 is 0.571 bits per heavy atom. The fourth-order valence-electron chi connectivity index (χ4n) is 6.11. The number of nitrogens with two attached hydrogens (primary N) is 2. The molecule has 0 aliphatic carbocycles. The van der Waals surface area contributed by atoms with E-state index in [1.807, 2.05) is 0 Å². The maximum Gasteiger partial charge on any atom is 0.250 e. The smallest absolute Gasteiger partial charge is 0.250 e. The van der Waals surface area contributed by atoms with E-state index in [-0.39, 0.29) is 94.4 Å². The average Bonchev–Trinajstić information content (AvgIpc) is 3.22. The number of nitrogens with one attached hydrogen (secondary N) is 7. The maximum absolute atomic E-state index is 13.7. The molecule has 11 N–H and O–H groups in total. The van der Waals surface area contributed by atoms with Crippen LogP contribution < -0.4 is 48.7 Å². The van der Waals surface area contributed by atoms with Crippen LogP contribution in [0.4, 0.5) is 5.69 Å². The van der Waals surface area contributed by atoms with E-state index in [0.29, 0.717) is 44.3 Å². The molecule has 3 atom stereocenters. The summed E-state index contributed by atoms with van der Waals surface area (Å²) in [6.07, 6.45) is 1.89. The summed E-state index contributed by atoms with van der Waals surface area (Å²) in [5.41, 5.74) is 11.9. The van der Waals surface area contributed by atoms with Gasteiger partial charge in [-0.05, 0) is 62.6 Å². The number of ketones is 2. The van der Waals surface area contributed by atoms with Crippen LogP contribution in [0.5, 0.6) is 0 Å². The van der Waals surface area contributed by atoms with Crippen molar-refractivity contribution in [2.45, 2.75) is 116 Å². The fourth-order valence-corrected chi connectivity index (χ4v) is 6.11. The molecule has 0 spiro atoms. The monoisotopic (exact) mass is 887 g/mol. The molecular formula is C42H65N9O12. The first-order valence-corrected chi connectivity index (χ1v) is 21.0. The summed E-state index contributed by atoms with van der Waals surface area (Å²) in [5.74, 6) is -5.90. The van der Waals surface area contributed by atoms with Gasteiger partial charge in [0, 0.05) is 90.7 Å². The van der Waals surface area contributed by atoms with Crippen molar-refractivity contribution in [1.82, 2.24) is 31.9 Å². The van der Waals surface area contributed by atoms with Crippen LogP contribution in [0.1, 0.15) is 103 Å². The lowest BCUT2D eigenvalue weighted by Gasteiger charge is -2.24. The van der Waals surface area contributed by atoms with E-state index in [4.69, 9.17) is 16.2 Å². The van der Waals surface area contributed by atoms with Gasteiger partial charge in [0.1, 0.15) is 25.0 Å². The Balaban J connectivity index is 2.69. The predicted octanol–water partition coefficient (Wildman–Crippen LogP) is -0.915. The zero-order chi connectivity index (χ0) is 47.2. The summed E-state index contributed by atoms with van der Waals surface area (Å²) in [5, 5.41) is 18.2. The number of hydrogen-bond acceptors (Lipinski definition) is 12. The number of aryl methyl sites for hydroxylation is 1. The molecule has 1 rings (SSSR count). The summed E-state index contributed by atoms with van der Waals surface area (Å²) in [7, 11) is 1.52. The number of carbonyl (C=O) groups is 11. The Morgan fingerprint density at radius 2 is 1.19 bits per heavy atom. The SMILES string of the molecule is CNC(=O)CCNC(=O)CCc1ccc(NC(=O)COCC(=O)NCCCC[C@H](CC(=O)[C@H](CCCCNC(C)=O)NC(=O)[C@H](CCC(N)=O)NC(C)=O)C(=O)CCC(N)=O)cc1. The van der Waals surface area contributed by atoms with Gasteiger partial charge < -0.3 is 53.4 Å². The van der Waals surface area contributed by atoms with Crippen LogP contribution in [0, 0.1) is 5.92 Å². The van der Waals surface area contributed by atoms with Gasteiger partial charge in [-0.2, -0.15) is 0 Å². The standard InChI is InChI=1S/C42H65N9O12/c1-27(52)46-21-7-5-9-32(51-42(62)33(49-28(2)53)15-17-36(43)56)35(55)24-30(34(54)16-18-37(44)57)8-4-6-22-47-40(60)25-63-26-41(61)50-31-13-10-29(11-14-31)12-19-39(59)48-23-20-38(58)45-3/h10-11,13-14,30,32-33H,4-9,12,15-26H2,1-3H3,(H2,43,56)(H2,44,57)(H,45,58)(H,46,52)(H,47,60)(H,48,59)(H,49,53)(H,50,61)(H,51,62)/t30-,32+,33+/m1/s1. The van der Waals surface area contributed by atoms with Gasteiger partial charge in [0.2, 0.25) is 53.2 Å². The zero-order valence-electron chi connectivity index (χ0n) is 36.5. The molecule has 0 saturated carbocycles. The van der Waals surface area contributed by atoms with Crippen molar-refractivity contribution in [3.63, 3.8) is 0 Å². The van der Waals surface area contributed by atoms with E-state index < -0.39 is 72.4 Å². The van der Waals surface area contributed by atoms with Crippen LogP contribution in [-0.2, 0) is 63.9 Å². The number of Topliss-reactive ketones (excluding diaryl/α,β-unsaturated/α-hetero) is 2. The topological polar surface area (TPSA) is 333 Å². The molecule has 0 aliphatic heterocycles. The maximum atomic E-state index is 13.7. The highest BCUT2D eigenvalue weighted by Gasteiger charge is 2.30. The van der Waals surface area contributed by atoms with Gasteiger partial charge in [-0.25, -0.2) is 0 Å². The average molecular weight is 888 g/mol. The van der Waals surface area contributed by atoms with Gasteiger partial charge in [0.05, 0.1) is 6.04 Å². The minimum atomic E-state index is -1.16. The molecule has 63 heavy (non-hydrogen) atoms. The molecule has 350 valence electrons. The van der Waals surface area contributed by atoms with Gasteiger partial charge in [0.15, 0.2) is 5.78 Å². The number of unbranched alkanes of at least 4 members (excludes halogenated alkanes) is 2. The first-order chi connectivity index (χ1) is 29.9. The third-order valence-corrected chi connectivity index (χ3v) is 9.49. The molecule has 0 radical (unpaired) electrons. The Labute approximate surface area is 367 Å². The highest BCUT2D eigenvalue weighted by atomic mass is 16.5. The third kappa shape index (κ3) is 27.3. The van der Waals surface area contributed by atoms with Gasteiger partial charge >= 0.3 is 0 Å². The number of benzene rings is 1. The number of ether oxygens (including phenoxy) is 1. The molecule has 21 heteroatoms. The largest absolute Gasteiger partial charge is 0.370 e. The summed E-state index contributed by atoms with van der Waals surface area (Å²) < 4.78 is 5.25. The molecule has 0 aliphatic rings. The van der Waals surface area contributed by atoms with E-state index >= 15 is 0 Å². The lowest BCUT2D eigenvalue weighted by molar-refractivity contribution is -0.133. The van der Waals surface area contributed by atoms with Crippen molar-refractivity contribution in [1.29, 1.82) is 0 Å². The predicted molar refractivity (Wildman–Crippen MR) is 230 cm³/mol. The summed E-state index contributed by atoms with van der Waals surface area (Å²) >= 11 is 0. The van der Waals surface area contributed by atoms with Crippen molar-refractivity contribution in [2.75, 3.05) is 45.2 Å². The second-order valence-corrected chi connectivity index (χ2v) is 15.0. The minimum absolute atomic E-state index is 0.109. The molecule has 0 saturated heterocycles. The van der Waals surface area contributed by atoms with Gasteiger partial charge in [-0.15, -0.1) is 0 Å². The van der Waals surface area contributed by atoms with Gasteiger partial charge in [-0.1, -0.05) is 18.6 Å². The van der Waals surface area contributed by atoms with E-state index in [2.05, 4.69) is 37.2 Å². The van der Waals surface area contributed by atoms with Crippen molar-refractivity contribution < 1.29 is 57.5 Å². The molecule has 0 heterocycles. The number of hydrogen-bond donors (Lipinski definition) is 9. The molecule has 1 aromatic carbocycles. The second kappa shape index (κ2) is 31.6. The Morgan fingerprint density at radius 3 is 1.81 bits per heavy atom. The number of carbonyl (C=O) groups excluding carboxylic acids is 11. The van der Waals surface area contributed by atoms with Crippen LogP contribution >= 0.6 is 0 Å². The van der Waals surface area contributed by atoms with Crippen LogP contribution in [0.25, 0.3) is 0 Å². The van der Waals surface area contributed by atoms with Crippen molar-refractivity contribution in [3.05, 3.63) is 29.8 Å². The summed E-state index contributed by atoms with van der Waals surface area (Å²) in [6.45, 7) is 2.53. The molecule has 1 aromatic rings. The number of anilines is 1. The quantitative estimate of drug-likeness (QED) is 0.0380. The van der Waals surface area contributed by atoms with Crippen molar-refractivity contribution in [3.8, 4) is 0 Å². The van der Waals surface area contributed by atoms with Gasteiger partial charge in [-0.3, -0.25) is 52.7 Å². The van der Waals surface area contributed by atoms with E-state index in [0.717, 1.165) is 5.56 Å². The highest BCUT2D eigenvalue weighted by molar-refractivity contribution is 5.95. The normalized spacial score (nSPS) is 12.0. The third-order valence-electron chi connectivity index (χ3n) is 9.49. The Kier molecular flexibility index (Phi) is 27.4. The Bertz CT molecular complexity index is 1720. The highest BCUT2D eigenvalue weighted by Crippen LogP contribution is 2.20. The minimum Gasteiger partial charge on any atom is -0.370 e. The molecule has 0 unspecified atom stereocenters. The molecular weight excluding hydrogens is 823 g/mol. The molecule has 0 fully saturated rings. The molecule has 0 aromatic heterocycles. The van der Waals surface area contributed by atoms with Crippen LogP contribution in [0.15, 0.2) is 24.3 Å². The zero-order valence-corrected chi connectivity index (χ0v) is 36.5. The molecule has 9 amide bonds. The fraction of sp³-hybridized carbons (Fsp3) is 0.595. The molecule has 0 bridgehead atoms. The molecule has 21 nitrogen and oxygen atoms in total. The number of primary amides is 2. The van der Waals surface area contributed by atoms with Crippen molar-refractivity contribution >= 4 is 70.4 Å². The van der Waals surface area contributed by atoms with E-state index in [1.54, 1.807) is 24.3 Å². The first-order valence-electron chi connectivity index (χ1n) is 21.0. The van der Waals surface area contributed by atoms with E-state index in [9.17, 15) is 52.7 Å². The first kappa shape index (κ1) is 54.8. The van der Waals surface area contributed by atoms with Gasteiger partial charge in [0.25, 0.3) is 0 Å². The number of rotatable bonds is 34. The Hall–Kier alpha value is -6.25. The summed E-state index contributed by atoms with van der Waals surface area (Å²) in [4.78, 5) is 134. The number of amides is 9. The van der Waals surface area contributed by atoms with Crippen LogP contribution in [0.2, 0.25) is 0 Å². The van der Waals surface area contributed by atoms with Crippen LogP contribution in [0.3, 0.4) is 0 Å². The lowest BCUT2D eigenvalue weighted by Crippen LogP contribution is -2.51. The summed E-state index contributed by atoms with van der Waals surface area (Å²) in [6, 6.07) is 4.63. The lowest BCUT2D eigenvalue weighted by atomic mass is 9.87. The van der Waals surface area contributed by atoms with E-state index in [1.165, 1.54) is 20.9 Å². The van der Waals surface area contributed by atoms with Crippen molar-refractivity contribution in [2.24, 2.45) is 17.4 Å².